The lowest BCUT2D eigenvalue weighted by atomic mass is 9.82. The van der Waals surface area contributed by atoms with Gasteiger partial charge in [0.1, 0.15) is 11.6 Å². The predicted molar refractivity (Wildman–Crippen MR) is 114 cm³/mol. The molecule has 1 aliphatic rings. The van der Waals surface area contributed by atoms with Gasteiger partial charge in [-0.05, 0) is 29.8 Å². The Hall–Kier alpha value is -3.83. The first kappa shape index (κ1) is 20.4. The Morgan fingerprint density at radius 2 is 1.74 bits per heavy atom. The molecule has 3 N–H and O–H groups in total. The number of ether oxygens (including phenoxy) is 4. The Kier molecular flexibility index (Phi) is 5.36. The molecule has 0 aliphatic carbocycles. The summed E-state index contributed by atoms with van der Waals surface area (Å²) in [7, 11) is 4.59. The maximum absolute atomic E-state index is 9.90. The van der Waals surface area contributed by atoms with E-state index in [1.807, 2.05) is 12.1 Å². The maximum Gasteiger partial charge on any atom is 0.244 e. The molecule has 1 atom stereocenters. The average Bonchev–Trinajstić information content (AvgIpc) is 3.20. The molecule has 1 aromatic heterocycles. The molecule has 2 heterocycles. The van der Waals surface area contributed by atoms with Crippen LogP contribution in [0.3, 0.4) is 0 Å². The Bertz CT molecular complexity index is 1190. The highest BCUT2D eigenvalue weighted by Gasteiger charge is 2.36. The normalized spacial score (nSPS) is 15.0. The van der Waals surface area contributed by atoms with Crippen LogP contribution in [0.15, 0.2) is 47.9 Å². The van der Waals surface area contributed by atoms with E-state index in [4.69, 9.17) is 36.3 Å². The molecule has 3 aromatic rings. The highest BCUT2D eigenvalue weighted by molar-refractivity contribution is 6.30. The van der Waals surface area contributed by atoms with Gasteiger partial charge in [-0.2, -0.15) is 5.26 Å². The minimum atomic E-state index is -0.577. The van der Waals surface area contributed by atoms with Crippen molar-refractivity contribution in [2.45, 2.75) is 5.92 Å². The summed E-state index contributed by atoms with van der Waals surface area (Å²) in [5.41, 5.74) is 9.21. The van der Waals surface area contributed by atoms with Gasteiger partial charge in [0.25, 0.3) is 0 Å². The van der Waals surface area contributed by atoms with Crippen molar-refractivity contribution in [2.75, 3.05) is 21.3 Å². The van der Waals surface area contributed by atoms with Gasteiger partial charge >= 0.3 is 0 Å². The van der Waals surface area contributed by atoms with Gasteiger partial charge in [0.2, 0.25) is 17.5 Å². The molecule has 158 valence electrons. The number of hydrogen-bond donors (Lipinski definition) is 2. The van der Waals surface area contributed by atoms with Crippen LogP contribution in [0.2, 0.25) is 5.02 Å². The third-order valence-electron chi connectivity index (χ3n) is 5.09. The molecule has 0 fully saturated rings. The molecule has 0 bridgehead atoms. The van der Waals surface area contributed by atoms with Crippen LogP contribution in [0, 0.1) is 11.3 Å². The standard InChI is InChI=1S/C22H19ClN4O4/c1-28-15-8-12(9-16(29-2)20(15)30-3)17-14(10-24)21(25)31-22-18(17)19(26-27-22)11-4-6-13(23)7-5-11/h4-9,17H,25H2,1-3H3,(H,26,27). The highest BCUT2D eigenvalue weighted by Crippen LogP contribution is 2.49. The summed E-state index contributed by atoms with van der Waals surface area (Å²) in [6.45, 7) is 0. The zero-order chi connectivity index (χ0) is 22.1. The number of hydrogen-bond acceptors (Lipinski definition) is 7. The molecule has 1 aliphatic heterocycles. The molecule has 9 heteroatoms. The second-order valence-electron chi connectivity index (χ2n) is 6.71. The van der Waals surface area contributed by atoms with Gasteiger partial charge in [-0.1, -0.05) is 23.7 Å². The zero-order valence-electron chi connectivity index (χ0n) is 17.0. The number of nitrogens with two attached hydrogens (primary N) is 1. The first-order valence-corrected chi connectivity index (χ1v) is 9.61. The van der Waals surface area contributed by atoms with E-state index < -0.39 is 5.92 Å². The first-order chi connectivity index (χ1) is 15.0. The quantitative estimate of drug-likeness (QED) is 0.619. The van der Waals surface area contributed by atoms with Crippen LogP contribution in [0.5, 0.6) is 23.1 Å². The summed E-state index contributed by atoms with van der Waals surface area (Å²) < 4.78 is 22.1. The highest BCUT2D eigenvalue weighted by atomic mass is 35.5. The van der Waals surface area contributed by atoms with E-state index in [0.717, 1.165) is 5.56 Å². The molecule has 2 aromatic carbocycles. The lowest BCUT2D eigenvalue weighted by Crippen LogP contribution is -2.21. The second kappa shape index (κ2) is 8.13. The van der Waals surface area contributed by atoms with Crippen molar-refractivity contribution in [3.63, 3.8) is 0 Å². The third-order valence-corrected chi connectivity index (χ3v) is 5.34. The molecular formula is C22H19ClN4O4. The molecule has 31 heavy (non-hydrogen) atoms. The van der Waals surface area contributed by atoms with E-state index in [1.165, 1.54) is 21.3 Å². The van der Waals surface area contributed by atoms with Crippen LogP contribution >= 0.6 is 11.6 Å². The van der Waals surface area contributed by atoms with Crippen molar-refractivity contribution in [3.05, 3.63) is 64.0 Å². The molecule has 0 spiro atoms. The fourth-order valence-corrected chi connectivity index (χ4v) is 3.81. The second-order valence-corrected chi connectivity index (χ2v) is 7.14. The Morgan fingerprint density at radius 3 is 2.29 bits per heavy atom. The third kappa shape index (κ3) is 3.39. The molecule has 4 rings (SSSR count). The minimum absolute atomic E-state index is 0.0112. The van der Waals surface area contributed by atoms with Gasteiger partial charge in [-0.25, -0.2) is 0 Å². The smallest absolute Gasteiger partial charge is 0.244 e. The Morgan fingerprint density at radius 1 is 1.10 bits per heavy atom. The number of aromatic amines is 1. The average molecular weight is 439 g/mol. The molecule has 1 unspecified atom stereocenters. The number of nitriles is 1. The fraction of sp³-hybridized carbons (Fsp3) is 0.182. The molecule has 0 saturated heterocycles. The summed E-state index contributed by atoms with van der Waals surface area (Å²) in [6.07, 6.45) is 0. The SMILES string of the molecule is COc1cc(C2C(C#N)=C(N)Oc3n[nH]c(-c4ccc(Cl)cc4)c32)cc(OC)c1OC. The predicted octanol–water partition coefficient (Wildman–Crippen LogP) is 3.97. The van der Waals surface area contributed by atoms with Crippen LogP contribution in [-0.2, 0) is 0 Å². The van der Waals surface area contributed by atoms with Crippen molar-refractivity contribution in [1.29, 1.82) is 5.26 Å². The number of rotatable bonds is 5. The Balaban J connectivity index is 1.97. The molecular weight excluding hydrogens is 420 g/mol. The summed E-state index contributed by atoms with van der Waals surface area (Å²) in [6, 6.07) is 13.0. The summed E-state index contributed by atoms with van der Waals surface area (Å²) in [5, 5.41) is 17.8. The van der Waals surface area contributed by atoms with Gasteiger partial charge in [0.05, 0.1) is 38.5 Å². The molecule has 0 saturated carbocycles. The van der Waals surface area contributed by atoms with Crippen LogP contribution in [0.4, 0.5) is 0 Å². The van der Waals surface area contributed by atoms with Gasteiger partial charge in [-0.3, -0.25) is 5.10 Å². The van der Waals surface area contributed by atoms with Crippen LogP contribution in [0.25, 0.3) is 11.3 Å². The van der Waals surface area contributed by atoms with Gasteiger partial charge < -0.3 is 24.7 Å². The van der Waals surface area contributed by atoms with E-state index >= 15 is 0 Å². The van der Waals surface area contributed by atoms with Crippen LogP contribution in [0.1, 0.15) is 17.0 Å². The van der Waals surface area contributed by atoms with E-state index in [9.17, 15) is 5.26 Å². The van der Waals surface area contributed by atoms with Crippen molar-refractivity contribution in [3.8, 4) is 40.5 Å². The summed E-state index contributed by atoms with van der Waals surface area (Å²) >= 11 is 6.04. The van der Waals surface area contributed by atoms with Crippen molar-refractivity contribution >= 4 is 11.6 Å². The van der Waals surface area contributed by atoms with E-state index in [2.05, 4.69) is 16.3 Å². The van der Waals surface area contributed by atoms with Gasteiger partial charge in [0, 0.05) is 10.6 Å². The summed E-state index contributed by atoms with van der Waals surface area (Å²) in [4.78, 5) is 0. The van der Waals surface area contributed by atoms with Gasteiger partial charge in [-0.15, -0.1) is 5.10 Å². The van der Waals surface area contributed by atoms with Gasteiger partial charge in [0.15, 0.2) is 11.5 Å². The largest absolute Gasteiger partial charge is 0.493 e. The lowest BCUT2D eigenvalue weighted by Gasteiger charge is -2.25. The van der Waals surface area contributed by atoms with E-state index in [1.54, 1.807) is 24.3 Å². The number of halogens is 1. The van der Waals surface area contributed by atoms with Crippen molar-refractivity contribution < 1.29 is 18.9 Å². The molecule has 0 amide bonds. The van der Waals surface area contributed by atoms with Crippen molar-refractivity contribution in [2.24, 2.45) is 5.73 Å². The summed E-state index contributed by atoms with van der Waals surface area (Å²) in [5.74, 6) is 1.06. The number of fused-ring (bicyclic) bond motifs is 1. The van der Waals surface area contributed by atoms with E-state index in [-0.39, 0.29) is 11.5 Å². The number of methoxy groups -OCH3 is 3. The van der Waals surface area contributed by atoms with E-state index in [0.29, 0.717) is 45.0 Å². The Labute approximate surface area is 183 Å². The number of benzene rings is 2. The fourth-order valence-electron chi connectivity index (χ4n) is 3.68. The zero-order valence-corrected chi connectivity index (χ0v) is 17.8. The number of H-pyrrole nitrogens is 1. The monoisotopic (exact) mass is 438 g/mol. The lowest BCUT2D eigenvalue weighted by molar-refractivity contribution is 0.323. The molecule has 0 radical (unpaired) electrons. The number of nitrogens with zero attached hydrogens (tertiary/aromatic N) is 2. The number of allylic oxidation sites excluding steroid dienone is 1. The molecule has 8 nitrogen and oxygen atoms in total. The van der Waals surface area contributed by atoms with Crippen LogP contribution in [-0.4, -0.2) is 31.5 Å². The first-order valence-electron chi connectivity index (χ1n) is 9.24. The number of aromatic nitrogens is 2. The topological polar surface area (TPSA) is 115 Å². The number of nitrogens with one attached hydrogen (secondary N) is 1. The maximum atomic E-state index is 9.90. The van der Waals surface area contributed by atoms with Crippen molar-refractivity contribution in [1.82, 2.24) is 10.2 Å². The van der Waals surface area contributed by atoms with Crippen LogP contribution < -0.4 is 24.7 Å². The minimum Gasteiger partial charge on any atom is -0.493 e.